The average Bonchev–Trinajstić information content (AvgIpc) is 3.25. The number of benzene rings is 2. The second-order valence-corrected chi connectivity index (χ2v) is 8.40. The summed E-state index contributed by atoms with van der Waals surface area (Å²) in [6.07, 6.45) is 2.09. The maximum Gasteiger partial charge on any atom is 0.254 e. The monoisotopic (exact) mass is 409 g/mol. The molecule has 3 aromatic rings. The number of carbonyl (C=O) groups is 1. The molecule has 1 N–H and O–H groups in total. The number of nitrogens with zero attached hydrogens (tertiary/aromatic N) is 4. The summed E-state index contributed by atoms with van der Waals surface area (Å²) in [4.78, 5) is 19.4. The highest BCUT2D eigenvalue weighted by atomic mass is 35.5. The third kappa shape index (κ3) is 3.98. The van der Waals surface area contributed by atoms with Crippen LogP contribution in [0, 0.1) is 0 Å². The number of likely N-dealkylation sites (tertiary alicyclic amines) is 1. The Morgan fingerprint density at radius 3 is 2.41 bits per heavy atom. The Kier molecular flexibility index (Phi) is 5.04. The molecule has 1 fully saturated rings. The van der Waals surface area contributed by atoms with Crippen molar-refractivity contribution >= 4 is 29.1 Å². The van der Waals surface area contributed by atoms with Crippen molar-refractivity contribution in [3.63, 3.8) is 0 Å². The zero-order valence-electron chi connectivity index (χ0n) is 16.8. The Morgan fingerprint density at radius 1 is 1.10 bits per heavy atom. The summed E-state index contributed by atoms with van der Waals surface area (Å²) in [6, 6.07) is 14.9. The lowest BCUT2D eigenvalue weighted by Gasteiger charge is -2.31. The van der Waals surface area contributed by atoms with E-state index in [-0.39, 0.29) is 11.4 Å². The highest BCUT2D eigenvalue weighted by Gasteiger charge is 2.35. The standard InChI is InChI=1S/C22H24ClN5O/c1-22(2)13-4-14-28(22)20(29)16-7-5-15(6-8-16)19-25-21(27(3)26-19)24-18-11-9-17(23)10-12-18/h5-12H,4,13-14H2,1-3H3,(H,24,25,26). The number of anilines is 2. The van der Waals surface area contributed by atoms with Crippen LogP contribution in [-0.4, -0.2) is 37.7 Å². The van der Waals surface area contributed by atoms with Crippen molar-refractivity contribution in [2.24, 2.45) is 7.05 Å². The van der Waals surface area contributed by atoms with Gasteiger partial charge in [0.25, 0.3) is 5.91 Å². The highest BCUT2D eigenvalue weighted by molar-refractivity contribution is 6.30. The summed E-state index contributed by atoms with van der Waals surface area (Å²) >= 11 is 5.93. The van der Waals surface area contributed by atoms with Gasteiger partial charge in [-0.3, -0.25) is 4.79 Å². The van der Waals surface area contributed by atoms with Gasteiger partial charge in [-0.05, 0) is 63.1 Å². The van der Waals surface area contributed by atoms with Gasteiger partial charge in [0, 0.05) is 41.0 Å². The molecule has 0 spiro atoms. The molecule has 1 amide bonds. The summed E-state index contributed by atoms with van der Waals surface area (Å²) in [6.45, 7) is 5.06. The lowest BCUT2D eigenvalue weighted by atomic mass is 10.0. The molecule has 1 saturated heterocycles. The molecule has 1 aromatic heterocycles. The van der Waals surface area contributed by atoms with Gasteiger partial charge >= 0.3 is 0 Å². The van der Waals surface area contributed by atoms with E-state index in [0.29, 0.717) is 22.4 Å². The fourth-order valence-corrected chi connectivity index (χ4v) is 3.81. The summed E-state index contributed by atoms with van der Waals surface area (Å²) in [5, 5.41) is 8.41. The molecule has 150 valence electrons. The molecule has 0 atom stereocenters. The number of halogens is 1. The first kappa shape index (κ1) is 19.5. The second-order valence-electron chi connectivity index (χ2n) is 7.96. The normalized spacial score (nSPS) is 15.5. The Morgan fingerprint density at radius 2 is 1.79 bits per heavy atom. The number of amides is 1. The number of aromatic nitrogens is 3. The van der Waals surface area contributed by atoms with Crippen LogP contribution in [0.15, 0.2) is 48.5 Å². The number of rotatable bonds is 4. The summed E-state index contributed by atoms with van der Waals surface area (Å²) in [5.41, 5.74) is 2.35. The summed E-state index contributed by atoms with van der Waals surface area (Å²) < 4.78 is 1.69. The average molecular weight is 410 g/mol. The zero-order valence-corrected chi connectivity index (χ0v) is 17.6. The lowest BCUT2D eigenvalue weighted by molar-refractivity contribution is 0.0652. The molecule has 1 aliphatic rings. The van der Waals surface area contributed by atoms with Gasteiger partial charge < -0.3 is 10.2 Å². The molecule has 0 radical (unpaired) electrons. The smallest absolute Gasteiger partial charge is 0.254 e. The van der Waals surface area contributed by atoms with Gasteiger partial charge in [-0.2, -0.15) is 4.98 Å². The van der Waals surface area contributed by atoms with Crippen LogP contribution in [0.3, 0.4) is 0 Å². The molecule has 2 heterocycles. The van der Waals surface area contributed by atoms with Crippen molar-refractivity contribution < 1.29 is 4.79 Å². The fourth-order valence-electron chi connectivity index (χ4n) is 3.68. The summed E-state index contributed by atoms with van der Waals surface area (Å²) in [7, 11) is 1.84. The van der Waals surface area contributed by atoms with Crippen LogP contribution in [0.4, 0.5) is 11.6 Å². The number of carbonyl (C=O) groups excluding carboxylic acids is 1. The number of nitrogens with one attached hydrogen (secondary N) is 1. The SMILES string of the molecule is Cn1nc(-c2ccc(C(=O)N3CCCC3(C)C)cc2)nc1Nc1ccc(Cl)cc1. The Hall–Kier alpha value is -2.86. The van der Waals surface area contributed by atoms with Crippen molar-refractivity contribution in [3.05, 3.63) is 59.1 Å². The van der Waals surface area contributed by atoms with Crippen LogP contribution in [-0.2, 0) is 7.05 Å². The third-order valence-corrected chi connectivity index (χ3v) is 5.65. The largest absolute Gasteiger partial charge is 0.334 e. The van der Waals surface area contributed by atoms with Crippen LogP contribution < -0.4 is 5.32 Å². The first-order valence-corrected chi connectivity index (χ1v) is 10.1. The molecule has 1 aliphatic heterocycles. The van der Waals surface area contributed by atoms with E-state index in [0.717, 1.165) is 30.6 Å². The van der Waals surface area contributed by atoms with Gasteiger partial charge in [0.2, 0.25) is 5.95 Å². The topological polar surface area (TPSA) is 63.1 Å². The third-order valence-electron chi connectivity index (χ3n) is 5.40. The molecule has 2 aromatic carbocycles. The van der Waals surface area contributed by atoms with E-state index in [4.69, 9.17) is 11.6 Å². The van der Waals surface area contributed by atoms with Gasteiger partial charge in [-0.15, -0.1) is 5.10 Å². The van der Waals surface area contributed by atoms with Crippen LogP contribution in [0.25, 0.3) is 11.4 Å². The predicted molar refractivity (Wildman–Crippen MR) is 116 cm³/mol. The molecule has 0 unspecified atom stereocenters. The Bertz CT molecular complexity index is 1020. The fraction of sp³-hybridized carbons (Fsp3) is 0.318. The lowest BCUT2D eigenvalue weighted by Crippen LogP contribution is -2.42. The van der Waals surface area contributed by atoms with E-state index in [2.05, 4.69) is 29.2 Å². The minimum absolute atomic E-state index is 0.0816. The molecule has 0 bridgehead atoms. The molecule has 6 nitrogen and oxygen atoms in total. The van der Waals surface area contributed by atoms with Crippen LogP contribution in [0.1, 0.15) is 37.0 Å². The minimum atomic E-state index is -0.0828. The van der Waals surface area contributed by atoms with Crippen molar-refractivity contribution in [1.82, 2.24) is 19.7 Å². The van der Waals surface area contributed by atoms with E-state index < -0.39 is 0 Å². The van der Waals surface area contributed by atoms with E-state index in [9.17, 15) is 4.79 Å². The molecular formula is C22H24ClN5O. The number of aryl methyl sites for hydroxylation is 1. The molecule has 7 heteroatoms. The maximum absolute atomic E-state index is 12.9. The van der Waals surface area contributed by atoms with Crippen molar-refractivity contribution in [2.45, 2.75) is 32.2 Å². The van der Waals surface area contributed by atoms with Crippen LogP contribution in [0.2, 0.25) is 5.02 Å². The Balaban J connectivity index is 1.52. The van der Waals surface area contributed by atoms with Gasteiger partial charge in [-0.1, -0.05) is 23.7 Å². The highest BCUT2D eigenvalue weighted by Crippen LogP contribution is 2.30. The van der Waals surface area contributed by atoms with Crippen LogP contribution in [0.5, 0.6) is 0 Å². The minimum Gasteiger partial charge on any atom is -0.334 e. The van der Waals surface area contributed by atoms with E-state index in [1.54, 1.807) is 4.68 Å². The van der Waals surface area contributed by atoms with Gasteiger partial charge in [0.05, 0.1) is 0 Å². The Labute approximate surface area is 175 Å². The van der Waals surface area contributed by atoms with E-state index >= 15 is 0 Å². The summed E-state index contributed by atoms with van der Waals surface area (Å²) in [5.74, 6) is 1.31. The van der Waals surface area contributed by atoms with Crippen molar-refractivity contribution in [1.29, 1.82) is 0 Å². The first-order valence-electron chi connectivity index (χ1n) is 9.69. The second kappa shape index (κ2) is 7.52. The molecular weight excluding hydrogens is 386 g/mol. The quantitative estimate of drug-likeness (QED) is 0.666. The van der Waals surface area contributed by atoms with Gasteiger partial charge in [-0.25, -0.2) is 4.68 Å². The van der Waals surface area contributed by atoms with Crippen molar-refractivity contribution in [3.8, 4) is 11.4 Å². The molecule has 0 aliphatic carbocycles. The van der Waals surface area contributed by atoms with Crippen LogP contribution >= 0.6 is 11.6 Å². The van der Waals surface area contributed by atoms with Gasteiger partial charge in [0.1, 0.15) is 0 Å². The molecule has 29 heavy (non-hydrogen) atoms. The number of hydrogen-bond donors (Lipinski definition) is 1. The number of hydrogen-bond acceptors (Lipinski definition) is 4. The maximum atomic E-state index is 12.9. The first-order chi connectivity index (χ1) is 13.8. The van der Waals surface area contributed by atoms with E-state index in [1.807, 2.05) is 60.5 Å². The molecule has 4 rings (SSSR count). The molecule has 0 saturated carbocycles. The predicted octanol–water partition coefficient (Wildman–Crippen LogP) is 4.89. The van der Waals surface area contributed by atoms with Gasteiger partial charge in [0.15, 0.2) is 5.82 Å². The van der Waals surface area contributed by atoms with Crippen molar-refractivity contribution in [2.75, 3.05) is 11.9 Å². The van der Waals surface area contributed by atoms with E-state index in [1.165, 1.54) is 0 Å². The zero-order chi connectivity index (χ0) is 20.6.